The molecule has 2 aromatic heterocycles. The Morgan fingerprint density at radius 2 is 1.81 bits per heavy atom. The van der Waals surface area contributed by atoms with Crippen LogP contribution >= 0.6 is 11.6 Å². The van der Waals surface area contributed by atoms with Crippen molar-refractivity contribution in [1.82, 2.24) is 19.2 Å². The standard InChI is InChI=1S/C25H24ClN5O5/c1-36-21-9-6-15(12-18(21)23(34)35)20(32)14-30-22(33)17-13-16(26)7-8-19(17)31-24(27-28-25(30)31)29-10-4-2-3-5-11-29/h6-9,12-13H,2-5,10-11,14H2,1H3,(H,34,35). The van der Waals surface area contributed by atoms with Crippen molar-refractivity contribution >= 4 is 46.0 Å². The summed E-state index contributed by atoms with van der Waals surface area (Å²) in [6.45, 7) is 1.28. The topological polar surface area (TPSA) is 119 Å². The molecule has 1 N–H and O–H groups in total. The summed E-state index contributed by atoms with van der Waals surface area (Å²) in [5, 5.41) is 18.9. The van der Waals surface area contributed by atoms with Gasteiger partial charge in [0.2, 0.25) is 11.7 Å². The van der Waals surface area contributed by atoms with Crippen molar-refractivity contribution in [3.8, 4) is 5.75 Å². The number of nitrogens with zero attached hydrogens (tertiary/aromatic N) is 5. The number of aromatic carboxylic acids is 1. The van der Waals surface area contributed by atoms with Crippen LogP contribution in [0.15, 0.2) is 41.2 Å². The molecule has 0 saturated carbocycles. The number of carboxylic acid groups (broad SMARTS) is 1. The van der Waals surface area contributed by atoms with Crippen LogP contribution in [-0.4, -0.2) is 56.2 Å². The van der Waals surface area contributed by atoms with Crippen LogP contribution in [0, 0.1) is 0 Å². The number of fused-ring (bicyclic) bond motifs is 3. The molecule has 5 rings (SSSR count). The highest BCUT2D eigenvalue weighted by molar-refractivity contribution is 6.31. The second-order valence-electron chi connectivity index (χ2n) is 8.73. The molecule has 10 nitrogen and oxygen atoms in total. The van der Waals surface area contributed by atoms with Gasteiger partial charge in [-0.25, -0.2) is 9.20 Å². The highest BCUT2D eigenvalue weighted by Gasteiger charge is 2.23. The van der Waals surface area contributed by atoms with Crippen LogP contribution in [0.3, 0.4) is 0 Å². The van der Waals surface area contributed by atoms with Crippen molar-refractivity contribution in [2.75, 3.05) is 25.1 Å². The van der Waals surface area contributed by atoms with Crippen LogP contribution in [0.5, 0.6) is 5.75 Å². The summed E-state index contributed by atoms with van der Waals surface area (Å²) >= 11 is 6.22. The van der Waals surface area contributed by atoms with Gasteiger partial charge in [-0.2, -0.15) is 0 Å². The van der Waals surface area contributed by atoms with Crippen LogP contribution in [-0.2, 0) is 6.54 Å². The van der Waals surface area contributed by atoms with Gasteiger partial charge >= 0.3 is 5.97 Å². The van der Waals surface area contributed by atoms with Crippen LogP contribution < -0.4 is 15.2 Å². The fourth-order valence-electron chi connectivity index (χ4n) is 4.67. The van der Waals surface area contributed by atoms with Crippen molar-refractivity contribution in [3.05, 3.63) is 62.9 Å². The van der Waals surface area contributed by atoms with Crippen molar-refractivity contribution in [2.24, 2.45) is 0 Å². The molecule has 1 aliphatic rings. The SMILES string of the molecule is COc1ccc(C(=O)Cn2c(=O)c3cc(Cl)ccc3n3c(N4CCCCCC4)nnc23)cc1C(=O)O. The van der Waals surface area contributed by atoms with Gasteiger partial charge in [0, 0.05) is 23.7 Å². The van der Waals surface area contributed by atoms with Gasteiger partial charge in [-0.05, 0) is 49.2 Å². The number of ether oxygens (including phenoxy) is 1. The molecule has 0 aliphatic carbocycles. The zero-order valence-corrected chi connectivity index (χ0v) is 20.4. The van der Waals surface area contributed by atoms with Crippen LogP contribution in [0.2, 0.25) is 5.02 Å². The lowest BCUT2D eigenvalue weighted by Crippen LogP contribution is -2.29. The van der Waals surface area contributed by atoms with E-state index < -0.39 is 17.3 Å². The molecule has 1 aliphatic heterocycles. The highest BCUT2D eigenvalue weighted by atomic mass is 35.5. The molecule has 1 fully saturated rings. The first-order valence-corrected chi connectivity index (χ1v) is 12.0. The monoisotopic (exact) mass is 509 g/mol. The quantitative estimate of drug-likeness (QED) is 0.391. The Hall–Kier alpha value is -3.92. The number of methoxy groups -OCH3 is 1. The first kappa shape index (κ1) is 23.8. The lowest BCUT2D eigenvalue weighted by atomic mass is 10.1. The largest absolute Gasteiger partial charge is 0.496 e. The molecular weight excluding hydrogens is 486 g/mol. The molecule has 36 heavy (non-hydrogen) atoms. The second kappa shape index (κ2) is 9.62. The molecule has 4 aromatic rings. The fraction of sp³-hybridized carbons (Fsp3) is 0.320. The molecule has 0 atom stereocenters. The van der Waals surface area contributed by atoms with E-state index in [0.29, 0.717) is 21.9 Å². The molecule has 2 aromatic carbocycles. The van der Waals surface area contributed by atoms with Crippen molar-refractivity contribution in [2.45, 2.75) is 32.2 Å². The first-order valence-electron chi connectivity index (χ1n) is 11.7. The average Bonchev–Trinajstić information content (AvgIpc) is 3.13. The number of benzene rings is 2. The van der Waals surface area contributed by atoms with Gasteiger partial charge in [-0.15, -0.1) is 10.2 Å². The van der Waals surface area contributed by atoms with E-state index in [0.717, 1.165) is 38.8 Å². The summed E-state index contributed by atoms with van der Waals surface area (Å²) in [6, 6.07) is 9.17. The third kappa shape index (κ3) is 4.17. The zero-order valence-electron chi connectivity index (χ0n) is 19.6. The molecule has 11 heteroatoms. The van der Waals surface area contributed by atoms with E-state index in [1.165, 1.54) is 29.9 Å². The Bertz CT molecular complexity index is 1550. The van der Waals surface area contributed by atoms with Gasteiger partial charge < -0.3 is 14.7 Å². The molecule has 0 bridgehead atoms. The van der Waals surface area contributed by atoms with Gasteiger partial charge in [0.1, 0.15) is 11.3 Å². The number of carbonyl (C=O) groups is 2. The van der Waals surface area contributed by atoms with E-state index in [1.54, 1.807) is 22.6 Å². The summed E-state index contributed by atoms with van der Waals surface area (Å²) in [7, 11) is 1.35. The van der Waals surface area contributed by atoms with Crippen LogP contribution in [0.4, 0.5) is 5.95 Å². The number of Topliss-reactive ketones (excluding diaryl/α,β-unsaturated/α-hetero) is 1. The van der Waals surface area contributed by atoms with Gasteiger partial charge in [0.05, 0.1) is 24.6 Å². The summed E-state index contributed by atoms with van der Waals surface area (Å²) < 4.78 is 8.14. The maximum atomic E-state index is 13.5. The third-order valence-electron chi connectivity index (χ3n) is 6.49. The number of anilines is 1. The summed E-state index contributed by atoms with van der Waals surface area (Å²) in [4.78, 5) is 40.5. The zero-order chi connectivity index (χ0) is 25.4. The number of carbonyl (C=O) groups excluding carboxylic acids is 1. The number of hydrogen-bond acceptors (Lipinski definition) is 7. The number of ketones is 1. The lowest BCUT2D eigenvalue weighted by Gasteiger charge is -2.21. The highest BCUT2D eigenvalue weighted by Crippen LogP contribution is 2.25. The molecule has 0 spiro atoms. The average molecular weight is 510 g/mol. The molecule has 1 saturated heterocycles. The molecular formula is C25H24ClN5O5. The number of hydrogen-bond donors (Lipinski definition) is 1. The van der Waals surface area contributed by atoms with E-state index >= 15 is 0 Å². The maximum Gasteiger partial charge on any atom is 0.339 e. The molecule has 0 unspecified atom stereocenters. The Morgan fingerprint density at radius 3 is 2.50 bits per heavy atom. The number of halogens is 1. The number of rotatable bonds is 6. The van der Waals surface area contributed by atoms with Gasteiger partial charge in [0.25, 0.3) is 5.56 Å². The molecule has 0 amide bonds. The van der Waals surface area contributed by atoms with E-state index in [-0.39, 0.29) is 29.2 Å². The minimum Gasteiger partial charge on any atom is -0.496 e. The minimum absolute atomic E-state index is 0.136. The smallest absolute Gasteiger partial charge is 0.339 e. The predicted molar refractivity (Wildman–Crippen MR) is 135 cm³/mol. The predicted octanol–water partition coefficient (Wildman–Crippen LogP) is 3.67. The molecule has 186 valence electrons. The normalized spacial score (nSPS) is 14.2. The van der Waals surface area contributed by atoms with E-state index in [9.17, 15) is 19.5 Å². The Balaban J connectivity index is 1.66. The molecule has 3 heterocycles. The molecule has 0 radical (unpaired) electrons. The van der Waals surface area contributed by atoms with Gasteiger partial charge in [0.15, 0.2) is 5.78 Å². The summed E-state index contributed by atoms with van der Waals surface area (Å²) in [5.74, 6) is -0.697. The third-order valence-corrected chi connectivity index (χ3v) is 6.72. The Kier molecular flexibility index (Phi) is 6.36. The number of carboxylic acids is 1. The van der Waals surface area contributed by atoms with Crippen LogP contribution in [0.25, 0.3) is 16.7 Å². The summed E-state index contributed by atoms with van der Waals surface area (Å²) in [6.07, 6.45) is 4.34. The second-order valence-corrected chi connectivity index (χ2v) is 9.17. The lowest BCUT2D eigenvalue weighted by molar-refractivity contribution is 0.0693. The van der Waals surface area contributed by atoms with Gasteiger partial charge in [-0.3, -0.25) is 14.2 Å². The van der Waals surface area contributed by atoms with Crippen molar-refractivity contribution < 1.29 is 19.4 Å². The van der Waals surface area contributed by atoms with Gasteiger partial charge in [-0.1, -0.05) is 24.4 Å². The van der Waals surface area contributed by atoms with E-state index in [4.69, 9.17) is 16.3 Å². The van der Waals surface area contributed by atoms with Crippen molar-refractivity contribution in [1.29, 1.82) is 0 Å². The van der Waals surface area contributed by atoms with E-state index in [1.807, 2.05) is 0 Å². The Morgan fingerprint density at radius 1 is 1.06 bits per heavy atom. The minimum atomic E-state index is -1.22. The Labute approximate surface area is 210 Å². The fourth-order valence-corrected chi connectivity index (χ4v) is 4.84. The first-order chi connectivity index (χ1) is 17.4. The van der Waals surface area contributed by atoms with Crippen molar-refractivity contribution in [3.63, 3.8) is 0 Å². The van der Waals surface area contributed by atoms with Crippen LogP contribution in [0.1, 0.15) is 46.4 Å². The maximum absolute atomic E-state index is 13.5. The van der Waals surface area contributed by atoms with E-state index in [2.05, 4.69) is 15.1 Å². The summed E-state index contributed by atoms with van der Waals surface area (Å²) in [5.41, 5.74) is 0.161. The number of aromatic nitrogens is 4.